The Morgan fingerprint density at radius 3 is 2.68 bits per heavy atom. The van der Waals surface area contributed by atoms with Gasteiger partial charge < -0.3 is 26.2 Å². The first-order chi connectivity index (χ1) is 18.5. The lowest BCUT2D eigenvalue weighted by atomic mass is 9.96. The van der Waals surface area contributed by atoms with Crippen LogP contribution in [0.15, 0.2) is 72.8 Å². The molecule has 38 heavy (non-hydrogen) atoms. The predicted octanol–water partition coefficient (Wildman–Crippen LogP) is 4.69. The van der Waals surface area contributed by atoms with Crippen LogP contribution in [0.3, 0.4) is 0 Å². The number of nitrogens with one attached hydrogen (secondary N) is 2. The highest BCUT2D eigenvalue weighted by atomic mass is 16.5. The van der Waals surface area contributed by atoms with Gasteiger partial charge in [0.05, 0.1) is 24.5 Å². The number of amides is 1. The third-order valence-electron chi connectivity index (χ3n) is 6.80. The highest BCUT2D eigenvalue weighted by Gasteiger charge is 2.26. The molecular weight excluding hydrogens is 478 g/mol. The summed E-state index contributed by atoms with van der Waals surface area (Å²) in [5, 5.41) is 22.1. The van der Waals surface area contributed by atoms with Crippen LogP contribution in [-0.4, -0.2) is 34.4 Å². The summed E-state index contributed by atoms with van der Waals surface area (Å²) in [6.45, 7) is 3.11. The summed E-state index contributed by atoms with van der Waals surface area (Å²) in [5.41, 5.74) is 11.0. The topological polar surface area (TPSA) is 114 Å². The van der Waals surface area contributed by atoms with Gasteiger partial charge in [0.2, 0.25) is 0 Å². The maximum Gasteiger partial charge on any atom is 0.274 e. The molecular formula is C30H33N5O3. The summed E-state index contributed by atoms with van der Waals surface area (Å²) in [5.74, 6) is 0.909. The molecule has 0 radical (unpaired) electrons. The van der Waals surface area contributed by atoms with E-state index in [0.29, 0.717) is 29.6 Å². The largest absolute Gasteiger partial charge is 0.504 e. The lowest BCUT2D eigenvalue weighted by Gasteiger charge is -2.22. The van der Waals surface area contributed by atoms with E-state index in [-0.39, 0.29) is 17.7 Å². The molecule has 196 valence electrons. The summed E-state index contributed by atoms with van der Waals surface area (Å²) < 4.78 is 6.99. The van der Waals surface area contributed by atoms with Crippen molar-refractivity contribution in [3.63, 3.8) is 0 Å². The second kappa shape index (κ2) is 11.1. The Morgan fingerprint density at radius 2 is 1.92 bits per heavy atom. The molecule has 1 heterocycles. The summed E-state index contributed by atoms with van der Waals surface area (Å²) in [4.78, 5) is 13.4. The fraction of sp³-hybridized carbons (Fsp3) is 0.267. The summed E-state index contributed by atoms with van der Waals surface area (Å²) in [6.07, 6.45) is 2.42. The van der Waals surface area contributed by atoms with E-state index in [0.717, 1.165) is 34.6 Å². The van der Waals surface area contributed by atoms with E-state index in [2.05, 4.69) is 15.7 Å². The van der Waals surface area contributed by atoms with Gasteiger partial charge in [-0.05, 0) is 79.8 Å². The van der Waals surface area contributed by atoms with Gasteiger partial charge in [-0.1, -0.05) is 36.4 Å². The number of ether oxygens (including phenoxy) is 1. The van der Waals surface area contributed by atoms with Crippen LogP contribution in [0.5, 0.6) is 11.5 Å². The van der Waals surface area contributed by atoms with E-state index in [4.69, 9.17) is 10.5 Å². The Balaban J connectivity index is 1.43. The number of carbonyl (C=O) groups is 1. The van der Waals surface area contributed by atoms with Crippen LogP contribution >= 0.6 is 0 Å². The minimum atomic E-state index is -0.271. The van der Waals surface area contributed by atoms with E-state index in [9.17, 15) is 9.90 Å². The second-order valence-corrected chi connectivity index (χ2v) is 9.72. The number of nitrogens with zero attached hydrogens (tertiary/aromatic N) is 2. The first-order valence-electron chi connectivity index (χ1n) is 12.8. The van der Waals surface area contributed by atoms with Gasteiger partial charge in [-0.2, -0.15) is 5.10 Å². The number of aromatic nitrogens is 2. The Morgan fingerprint density at radius 1 is 1.13 bits per heavy atom. The van der Waals surface area contributed by atoms with Gasteiger partial charge in [0.15, 0.2) is 11.5 Å². The maximum atomic E-state index is 13.4. The first-order valence-corrected chi connectivity index (χ1v) is 12.8. The number of methoxy groups -OCH3 is 1. The Hall–Kier alpha value is -4.14. The van der Waals surface area contributed by atoms with Crippen LogP contribution in [-0.2, 0) is 6.54 Å². The number of phenolic OH excluding ortho intramolecular Hbond substituents is 1. The standard InChI is InChI=1S/C30H33N5O3/c1-19-14-26(35(34-19)24-9-3-6-21(15-24)17-31)30(37)33-23-8-4-7-22(16-23)28(32-18-20-12-13-20)25-10-5-11-27(38-2)29(25)36/h3-11,14-16,20,28,32,36H,12-13,17-18,31H2,1-2H3,(H,33,37). The van der Waals surface area contributed by atoms with Crippen molar-refractivity contribution in [1.29, 1.82) is 0 Å². The SMILES string of the molecule is COc1cccc(C(NCC2CC2)c2cccc(NC(=O)c3cc(C)nn3-c3cccc(CN)c3)c2)c1O. The molecule has 0 bridgehead atoms. The third kappa shape index (κ3) is 5.56. The smallest absolute Gasteiger partial charge is 0.274 e. The number of phenols is 1. The molecule has 1 fully saturated rings. The molecule has 4 aromatic rings. The molecule has 1 aliphatic carbocycles. The Labute approximate surface area is 222 Å². The van der Waals surface area contributed by atoms with E-state index in [1.54, 1.807) is 23.9 Å². The fourth-order valence-corrected chi connectivity index (χ4v) is 4.62. The molecule has 3 aromatic carbocycles. The number of hydrogen-bond donors (Lipinski definition) is 4. The van der Waals surface area contributed by atoms with E-state index in [1.807, 2.05) is 67.6 Å². The molecule has 1 aliphatic rings. The normalized spacial score (nSPS) is 13.8. The number of anilines is 1. The zero-order valence-electron chi connectivity index (χ0n) is 21.6. The van der Waals surface area contributed by atoms with Crippen LogP contribution in [0.4, 0.5) is 5.69 Å². The Kier molecular flexibility index (Phi) is 7.44. The van der Waals surface area contributed by atoms with Crippen LogP contribution in [0.25, 0.3) is 5.69 Å². The minimum Gasteiger partial charge on any atom is -0.504 e. The Bertz CT molecular complexity index is 1440. The molecule has 5 N–H and O–H groups in total. The van der Waals surface area contributed by atoms with E-state index in [1.165, 1.54) is 12.8 Å². The molecule has 1 aromatic heterocycles. The first kappa shape index (κ1) is 25.5. The van der Waals surface area contributed by atoms with Gasteiger partial charge in [0, 0.05) is 17.8 Å². The lowest BCUT2D eigenvalue weighted by Crippen LogP contribution is -2.25. The third-order valence-corrected chi connectivity index (χ3v) is 6.80. The zero-order valence-corrected chi connectivity index (χ0v) is 21.6. The van der Waals surface area contributed by atoms with Crippen molar-refractivity contribution < 1.29 is 14.6 Å². The van der Waals surface area contributed by atoms with E-state index >= 15 is 0 Å². The van der Waals surface area contributed by atoms with Crippen molar-refractivity contribution >= 4 is 11.6 Å². The monoisotopic (exact) mass is 511 g/mol. The molecule has 0 aliphatic heterocycles. The number of para-hydroxylation sites is 1. The van der Waals surface area contributed by atoms with Gasteiger partial charge in [0.1, 0.15) is 5.69 Å². The van der Waals surface area contributed by atoms with Crippen molar-refractivity contribution in [3.8, 4) is 17.2 Å². The lowest BCUT2D eigenvalue weighted by molar-refractivity contribution is 0.101. The number of carbonyl (C=O) groups excluding carboxylic acids is 1. The van der Waals surface area contributed by atoms with Crippen LogP contribution in [0.1, 0.15) is 51.8 Å². The van der Waals surface area contributed by atoms with Gasteiger partial charge in [-0.15, -0.1) is 0 Å². The minimum absolute atomic E-state index is 0.108. The number of rotatable bonds is 10. The van der Waals surface area contributed by atoms with Crippen LogP contribution in [0.2, 0.25) is 0 Å². The molecule has 5 rings (SSSR count). The van der Waals surface area contributed by atoms with Crippen molar-refractivity contribution in [3.05, 3.63) is 101 Å². The molecule has 1 amide bonds. The number of aromatic hydroxyl groups is 1. The highest BCUT2D eigenvalue weighted by molar-refractivity contribution is 6.03. The predicted molar refractivity (Wildman–Crippen MR) is 148 cm³/mol. The summed E-state index contributed by atoms with van der Waals surface area (Å²) >= 11 is 0. The van der Waals surface area contributed by atoms with Gasteiger partial charge in [0.25, 0.3) is 5.91 Å². The second-order valence-electron chi connectivity index (χ2n) is 9.72. The van der Waals surface area contributed by atoms with Gasteiger partial charge in [-0.25, -0.2) is 4.68 Å². The average Bonchev–Trinajstić information content (AvgIpc) is 3.68. The highest BCUT2D eigenvalue weighted by Crippen LogP contribution is 2.38. The fourth-order valence-electron chi connectivity index (χ4n) is 4.62. The van der Waals surface area contributed by atoms with Gasteiger partial charge >= 0.3 is 0 Å². The number of benzene rings is 3. The van der Waals surface area contributed by atoms with Crippen molar-refractivity contribution in [2.24, 2.45) is 11.7 Å². The molecule has 0 spiro atoms. The molecule has 0 saturated heterocycles. The molecule has 8 nitrogen and oxygen atoms in total. The molecule has 1 unspecified atom stereocenters. The zero-order chi connectivity index (χ0) is 26.6. The molecule has 8 heteroatoms. The number of nitrogens with two attached hydrogens (primary N) is 1. The molecule has 1 atom stereocenters. The summed E-state index contributed by atoms with van der Waals surface area (Å²) in [6, 6.07) is 22.4. The quantitative estimate of drug-likeness (QED) is 0.246. The van der Waals surface area contributed by atoms with Gasteiger partial charge in [-0.3, -0.25) is 4.79 Å². The van der Waals surface area contributed by atoms with Crippen molar-refractivity contribution in [1.82, 2.24) is 15.1 Å². The van der Waals surface area contributed by atoms with E-state index < -0.39 is 0 Å². The summed E-state index contributed by atoms with van der Waals surface area (Å²) in [7, 11) is 1.54. The number of aryl methyl sites for hydroxylation is 1. The molecule has 1 saturated carbocycles. The average molecular weight is 512 g/mol. The maximum absolute atomic E-state index is 13.4. The number of hydrogen-bond acceptors (Lipinski definition) is 6. The van der Waals surface area contributed by atoms with Crippen LogP contribution in [0, 0.1) is 12.8 Å². The van der Waals surface area contributed by atoms with Crippen molar-refractivity contribution in [2.45, 2.75) is 32.4 Å². The van der Waals surface area contributed by atoms with Crippen molar-refractivity contribution in [2.75, 3.05) is 19.0 Å². The van der Waals surface area contributed by atoms with Crippen LogP contribution < -0.4 is 21.1 Å².